The predicted octanol–water partition coefficient (Wildman–Crippen LogP) is 5.73. The number of rotatable bonds is 4. The van der Waals surface area contributed by atoms with Gasteiger partial charge in [0.2, 0.25) is 0 Å². The van der Waals surface area contributed by atoms with Crippen molar-refractivity contribution < 1.29 is 13.2 Å². The number of aromatic nitrogens is 3. The topological polar surface area (TPSA) is 61.9 Å². The molecule has 0 amide bonds. The summed E-state index contributed by atoms with van der Waals surface area (Å²) in [7, 11) is 0. The summed E-state index contributed by atoms with van der Waals surface area (Å²) in [5.74, 6) is 0.275. The Morgan fingerprint density at radius 2 is 1.83 bits per heavy atom. The largest absolute Gasteiger partial charge is 0.416 e. The summed E-state index contributed by atoms with van der Waals surface area (Å²) in [6.07, 6.45) is -2.02. The van der Waals surface area contributed by atoms with Crippen molar-refractivity contribution in [1.82, 2.24) is 19.9 Å². The van der Waals surface area contributed by atoms with Crippen LogP contribution in [0, 0.1) is 0 Å². The molecule has 9 heteroatoms. The Balaban J connectivity index is 1.30. The maximum Gasteiger partial charge on any atom is 0.416 e. The number of pyridine rings is 1. The fourth-order valence-corrected chi connectivity index (χ4v) is 4.35. The van der Waals surface area contributed by atoms with Gasteiger partial charge in [0.05, 0.1) is 22.5 Å². The summed E-state index contributed by atoms with van der Waals surface area (Å²) in [5, 5.41) is 0.653. The van der Waals surface area contributed by atoms with Crippen LogP contribution in [0.4, 0.5) is 13.2 Å². The molecule has 1 aliphatic rings. The quantitative estimate of drug-likeness (QED) is 0.392. The molecule has 3 heterocycles. The van der Waals surface area contributed by atoms with Crippen molar-refractivity contribution in [3.05, 3.63) is 105 Å². The number of alkyl halides is 3. The summed E-state index contributed by atoms with van der Waals surface area (Å²) in [6.45, 7) is 1.76. The van der Waals surface area contributed by atoms with E-state index < -0.39 is 11.7 Å². The van der Waals surface area contributed by atoms with E-state index in [0.717, 1.165) is 29.0 Å². The lowest BCUT2D eigenvalue weighted by Gasteiger charge is -2.27. The minimum absolute atomic E-state index is 0.274. The van der Waals surface area contributed by atoms with E-state index in [1.54, 1.807) is 0 Å². The normalized spacial score (nSPS) is 14.1. The maximum absolute atomic E-state index is 12.8. The standard InChI is InChI=1S/C26H20ClF3N4O/c27-20-3-1-2-18(12-20)22-9-4-16(13-31-22)14-34-11-10-23-21(15-34)25(35)33-24(32-23)17-5-7-19(8-6-17)26(28,29)30/h1-9,12-13H,10-11,14-15H2,(H,32,33,35). The van der Waals surface area contributed by atoms with E-state index in [1.807, 2.05) is 42.6 Å². The molecule has 5 nitrogen and oxygen atoms in total. The van der Waals surface area contributed by atoms with Gasteiger partial charge in [-0.2, -0.15) is 13.2 Å². The third-order valence-corrected chi connectivity index (χ3v) is 6.22. The number of hydrogen-bond donors (Lipinski definition) is 1. The van der Waals surface area contributed by atoms with E-state index in [0.29, 0.717) is 47.9 Å². The zero-order valence-electron chi connectivity index (χ0n) is 18.4. The zero-order chi connectivity index (χ0) is 24.6. The summed E-state index contributed by atoms with van der Waals surface area (Å²) < 4.78 is 38.5. The highest BCUT2D eigenvalue weighted by molar-refractivity contribution is 6.30. The van der Waals surface area contributed by atoms with E-state index >= 15 is 0 Å². The molecular formula is C26H20ClF3N4O. The third kappa shape index (κ3) is 5.13. The molecule has 35 heavy (non-hydrogen) atoms. The van der Waals surface area contributed by atoms with E-state index in [1.165, 1.54) is 12.1 Å². The molecule has 1 N–H and O–H groups in total. The molecule has 0 radical (unpaired) electrons. The van der Waals surface area contributed by atoms with Gasteiger partial charge in [-0.05, 0) is 35.9 Å². The number of hydrogen-bond acceptors (Lipinski definition) is 4. The van der Waals surface area contributed by atoms with E-state index in [4.69, 9.17) is 11.6 Å². The van der Waals surface area contributed by atoms with E-state index in [-0.39, 0.29) is 11.4 Å². The molecule has 2 aromatic heterocycles. The molecule has 4 aromatic rings. The van der Waals surface area contributed by atoms with E-state index in [2.05, 4.69) is 19.9 Å². The Hall–Kier alpha value is -3.49. The highest BCUT2D eigenvalue weighted by Crippen LogP contribution is 2.30. The van der Waals surface area contributed by atoms with E-state index in [9.17, 15) is 18.0 Å². The smallest absolute Gasteiger partial charge is 0.306 e. The van der Waals surface area contributed by atoms with Crippen LogP contribution in [0.25, 0.3) is 22.6 Å². The Labute approximate surface area is 204 Å². The second-order valence-corrected chi connectivity index (χ2v) is 8.87. The molecule has 5 rings (SSSR count). The maximum atomic E-state index is 12.8. The van der Waals surface area contributed by atoms with Gasteiger partial charge in [0, 0.05) is 48.4 Å². The Morgan fingerprint density at radius 3 is 2.51 bits per heavy atom. The molecule has 0 bridgehead atoms. The van der Waals surface area contributed by atoms with Gasteiger partial charge in [0.25, 0.3) is 5.56 Å². The first-order chi connectivity index (χ1) is 16.8. The number of benzene rings is 2. The lowest BCUT2D eigenvalue weighted by molar-refractivity contribution is -0.137. The van der Waals surface area contributed by atoms with Crippen LogP contribution in [0.1, 0.15) is 22.4 Å². The second-order valence-electron chi connectivity index (χ2n) is 8.44. The number of nitrogens with one attached hydrogen (secondary N) is 1. The van der Waals surface area contributed by atoms with Crippen molar-refractivity contribution >= 4 is 11.6 Å². The molecule has 0 aliphatic carbocycles. The first-order valence-corrected chi connectivity index (χ1v) is 11.4. The van der Waals surface area contributed by atoms with Gasteiger partial charge >= 0.3 is 6.18 Å². The third-order valence-electron chi connectivity index (χ3n) is 5.98. The zero-order valence-corrected chi connectivity index (χ0v) is 19.2. The molecule has 0 atom stereocenters. The average Bonchev–Trinajstić information content (AvgIpc) is 2.84. The van der Waals surface area contributed by atoms with Crippen molar-refractivity contribution in [2.24, 2.45) is 0 Å². The van der Waals surface area contributed by atoms with Gasteiger partial charge in [0.15, 0.2) is 0 Å². The molecule has 2 aromatic carbocycles. The van der Waals surface area contributed by atoms with Gasteiger partial charge in [-0.25, -0.2) is 4.98 Å². The highest BCUT2D eigenvalue weighted by Gasteiger charge is 2.30. The fraction of sp³-hybridized carbons (Fsp3) is 0.192. The summed E-state index contributed by atoms with van der Waals surface area (Å²) in [4.78, 5) is 26.7. The minimum Gasteiger partial charge on any atom is -0.306 e. The van der Waals surface area contributed by atoms with Gasteiger partial charge < -0.3 is 4.98 Å². The molecule has 0 unspecified atom stereocenters. The molecule has 0 fully saturated rings. The van der Waals surface area contributed by atoms with Crippen molar-refractivity contribution in [3.63, 3.8) is 0 Å². The SMILES string of the molecule is O=c1[nH]c(-c2ccc(C(F)(F)F)cc2)nc2c1CN(Cc1ccc(-c3cccc(Cl)c3)nc1)CC2. The van der Waals surface area contributed by atoms with Crippen LogP contribution in [0.2, 0.25) is 5.02 Å². The number of nitrogens with zero attached hydrogens (tertiary/aromatic N) is 3. The highest BCUT2D eigenvalue weighted by atomic mass is 35.5. The number of fused-ring (bicyclic) bond motifs is 1. The molecule has 0 saturated heterocycles. The van der Waals surface area contributed by atoms with Crippen LogP contribution >= 0.6 is 11.6 Å². The molecular weight excluding hydrogens is 477 g/mol. The summed E-state index contributed by atoms with van der Waals surface area (Å²) >= 11 is 6.07. The first-order valence-electron chi connectivity index (χ1n) is 11.0. The average molecular weight is 497 g/mol. The van der Waals surface area contributed by atoms with Crippen LogP contribution < -0.4 is 5.56 Å². The van der Waals surface area contributed by atoms with Gasteiger partial charge in [-0.1, -0.05) is 41.9 Å². The summed E-state index contributed by atoms with van der Waals surface area (Å²) in [6, 6.07) is 16.1. The van der Waals surface area contributed by atoms with Crippen molar-refractivity contribution in [3.8, 4) is 22.6 Å². The molecule has 0 saturated carbocycles. The Kier molecular flexibility index (Phi) is 6.17. The predicted molar refractivity (Wildman–Crippen MR) is 128 cm³/mol. The van der Waals surface area contributed by atoms with Crippen molar-refractivity contribution in [2.45, 2.75) is 25.7 Å². The summed E-state index contributed by atoms with van der Waals surface area (Å²) in [5.41, 5.74) is 3.46. The number of H-pyrrole nitrogens is 1. The van der Waals surface area contributed by atoms with Crippen molar-refractivity contribution in [1.29, 1.82) is 0 Å². The molecule has 1 aliphatic heterocycles. The van der Waals surface area contributed by atoms with Crippen LogP contribution in [0.15, 0.2) is 71.7 Å². The monoisotopic (exact) mass is 496 g/mol. The van der Waals surface area contributed by atoms with Gasteiger partial charge in [-0.15, -0.1) is 0 Å². The Morgan fingerprint density at radius 1 is 1.03 bits per heavy atom. The lowest BCUT2D eigenvalue weighted by atomic mass is 10.0. The van der Waals surface area contributed by atoms with Crippen LogP contribution in [-0.4, -0.2) is 26.4 Å². The molecule has 0 spiro atoms. The lowest BCUT2D eigenvalue weighted by Crippen LogP contribution is -2.35. The molecule has 178 valence electrons. The Bertz CT molecular complexity index is 1420. The van der Waals surface area contributed by atoms with Crippen LogP contribution in [0.5, 0.6) is 0 Å². The minimum atomic E-state index is -4.41. The fourth-order valence-electron chi connectivity index (χ4n) is 4.16. The number of aromatic amines is 1. The van der Waals surface area contributed by atoms with Crippen LogP contribution in [-0.2, 0) is 25.7 Å². The number of halogens is 4. The second kappa shape index (κ2) is 9.28. The van der Waals surface area contributed by atoms with Crippen molar-refractivity contribution in [2.75, 3.05) is 6.54 Å². The van der Waals surface area contributed by atoms with Gasteiger partial charge in [0.1, 0.15) is 5.82 Å². The first kappa shape index (κ1) is 23.3. The van der Waals surface area contributed by atoms with Crippen LogP contribution in [0.3, 0.4) is 0 Å². The van der Waals surface area contributed by atoms with Gasteiger partial charge in [-0.3, -0.25) is 14.7 Å².